The van der Waals surface area contributed by atoms with Gasteiger partial charge in [-0.25, -0.2) is 0 Å². The van der Waals surface area contributed by atoms with Gasteiger partial charge < -0.3 is 5.11 Å². The van der Waals surface area contributed by atoms with Gasteiger partial charge in [0.05, 0.1) is 0 Å². The van der Waals surface area contributed by atoms with E-state index in [1.807, 2.05) is 53.8 Å². The van der Waals surface area contributed by atoms with Gasteiger partial charge in [-0.2, -0.15) is 0 Å². The zero-order valence-electron chi connectivity index (χ0n) is 6.62. The number of aryl methyl sites for hydroxylation is 1. The van der Waals surface area contributed by atoms with Crippen molar-refractivity contribution in [2.75, 3.05) is 0 Å². The first-order chi connectivity index (χ1) is 5.63. The van der Waals surface area contributed by atoms with Crippen molar-refractivity contribution in [3.8, 4) is 0 Å². The molecule has 1 aromatic carbocycles. The Morgan fingerprint density at radius 1 is 1.50 bits per heavy atom. The van der Waals surface area contributed by atoms with Gasteiger partial charge in [-0.15, -0.1) is 0 Å². The molecule has 0 aromatic heterocycles. The second-order valence-electron chi connectivity index (χ2n) is 2.56. The second-order valence-corrected chi connectivity index (χ2v) is 3.80. The molecule has 0 bridgehead atoms. The standard InChI is InChI=1S/C9H9IO2/c1-6-4-2-3-5-7(6)8(10)9(11)12/h2-5,8H,1H3,(H,11,12). The number of aliphatic carboxylic acids is 1. The Balaban J connectivity index is 3.02. The van der Waals surface area contributed by atoms with Crippen molar-refractivity contribution in [1.29, 1.82) is 0 Å². The minimum atomic E-state index is -0.787. The molecule has 3 heteroatoms. The van der Waals surface area contributed by atoms with E-state index in [0.29, 0.717) is 0 Å². The van der Waals surface area contributed by atoms with E-state index in [9.17, 15) is 4.79 Å². The molecule has 0 heterocycles. The topological polar surface area (TPSA) is 37.3 Å². The van der Waals surface area contributed by atoms with E-state index in [0.717, 1.165) is 11.1 Å². The van der Waals surface area contributed by atoms with Gasteiger partial charge in [0.15, 0.2) is 0 Å². The Kier molecular flexibility index (Phi) is 3.08. The summed E-state index contributed by atoms with van der Waals surface area (Å²) in [5, 5.41) is 8.75. The third-order valence-electron chi connectivity index (χ3n) is 1.68. The third-order valence-corrected chi connectivity index (χ3v) is 2.88. The lowest BCUT2D eigenvalue weighted by molar-refractivity contribution is -0.136. The van der Waals surface area contributed by atoms with Crippen LogP contribution in [0.4, 0.5) is 0 Å². The zero-order chi connectivity index (χ0) is 9.14. The van der Waals surface area contributed by atoms with Gasteiger partial charge in [-0.3, -0.25) is 4.79 Å². The molecule has 12 heavy (non-hydrogen) atoms. The summed E-state index contributed by atoms with van der Waals surface area (Å²) in [6, 6.07) is 7.53. The minimum absolute atomic E-state index is 0.441. The molecule has 0 fully saturated rings. The number of carboxylic acids is 1. The van der Waals surface area contributed by atoms with Crippen molar-refractivity contribution < 1.29 is 9.90 Å². The summed E-state index contributed by atoms with van der Waals surface area (Å²) in [7, 11) is 0. The van der Waals surface area contributed by atoms with Crippen LogP contribution in [0.5, 0.6) is 0 Å². The molecular weight excluding hydrogens is 267 g/mol. The lowest BCUT2D eigenvalue weighted by Gasteiger charge is -2.07. The van der Waals surface area contributed by atoms with E-state index in [1.165, 1.54) is 0 Å². The Labute approximate surface area is 84.7 Å². The van der Waals surface area contributed by atoms with Gasteiger partial charge in [0, 0.05) is 0 Å². The summed E-state index contributed by atoms with van der Waals surface area (Å²) in [6.07, 6.45) is 0. The maximum atomic E-state index is 10.6. The monoisotopic (exact) mass is 276 g/mol. The molecular formula is C9H9IO2. The van der Waals surface area contributed by atoms with Gasteiger partial charge >= 0.3 is 5.97 Å². The van der Waals surface area contributed by atoms with Crippen LogP contribution in [0.3, 0.4) is 0 Å². The van der Waals surface area contributed by atoms with Crippen LogP contribution in [0.1, 0.15) is 15.1 Å². The first kappa shape index (κ1) is 9.51. The highest BCUT2D eigenvalue weighted by atomic mass is 127. The maximum absolute atomic E-state index is 10.6. The molecule has 0 saturated carbocycles. The Morgan fingerprint density at radius 2 is 2.08 bits per heavy atom. The summed E-state index contributed by atoms with van der Waals surface area (Å²) < 4.78 is -0.441. The zero-order valence-corrected chi connectivity index (χ0v) is 8.78. The summed E-state index contributed by atoms with van der Waals surface area (Å²) >= 11 is 1.92. The predicted octanol–water partition coefficient (Wildman–Crippen LogP) is 2.56. The largest absolute Gasteiger partial charge is 0.480 e. The lowest BCUT2D eigenvalue weighted by atomic mass is 10.1. The van der Waals surface area contributed by atoms with Crippen LogP contribution in [0.2, 0.25) is 0 Å². The molecule has 0 aliphatic heterocycles. The molecule has 1 rings (SSSR count). The van der Waals surface area contributed by atoms with Gasteiger partial charge in [0.1, 0.15) is 3.92 Å². The second kappa shape index (κ2) is 3.89. The molecule has 1 unspecified atom stereocenters. The van der Waals surface area contributed by atoms with Gasteiger partial charge in [-0.1, -0.05) is 46.9 Å². The number of halogens is 1. The smallest absolute Gasteiger partial charge is 0.321 e. The van der Waals surface area contributed by atoms with E-state index in [2.05, 4.69) is 0 Å². The van der Waals surface area contributed by atoms with Crippen LogP contribution in [0.25, 0.3) is 0 Å². The molecule has 0 aliphatic carbocycles. The van der Waals surface area contributed by atoms with Crippen LogP contribution in [-0.4, -0.2) is 11.1 Å². The van der Waals surface area contributed by atoms with Crippen LogP contribution >= 0.6 is 22.6 Å². The van der Waals surface area contributed by atoms with E-state index >= 15 is 0 Å². The van der Waals surface area contributed by atoms with E-state index in [-0.39, 0.29) is 0 Å². The molecule has 0 aliphatic rings. The highest BCUT2D eigenvalue weighted by Crippen LogP contribution is 2.25. The number of rotatable bonds is 2. The van der Waals surface area contributed by atoms with Crippen LogP contribution in [-0.2, 0) is 4.79 Å². The molecule has 0 radical (unpaired) electrons. The summed E-state index contributed by atoms with van der Waals surface area (Å²) in [5.74, 6) is -0.787. The van der Waals surface area contributed by atoms with Gasteiger partial charge in [0.2, 0.25) is 0 Å². The van der Waals surface area contributed by atoms with E-state index in [1.54, 1.807) is 0 Å². The molecule has 0 amide bonds. The van der Waals surface area contributed by atoms with Crippen molar-refractivity contribution in [2.45, 2.75) is 10.8 Å². The molecule has 1 atom stereocenters. The van der Waals surface area contributed by atoms with E-state index < -0.39 is 9.89 Å². The molecule has 64 valence electrons. The maximum Gasteiger partial charge on any atom is 0.321 e. The number of carbonyl (C=O) groups is 1. The van der Waals surface area contributed by atoms with Crippen molar-refractivity contribution in [3.05, 3.63) is 35.4 Å². The number of hydrogen-bond acceptors (Lipinski definition) is 1. The first-order valence-electron chi connectivity index (χ1n) is 3.55. The van der Waals surface area contributed by atoms with Gasteiger partial charge in [-0.05, 0) is 18.1 Å². The van der Waals surface area contributed by atoms with E-state index in [4.69, 9.17) is 5.11 Å². The molecule has 0 spiro atoms. The molecule has 2 nitrogen and oxygen atoms in total. The van der Waals surface area contributed by atoms with Crippen LogP contribution < -0.4 is 0 Å². The fourth-order valence-electron chi connectivity index (χ4n) is 1.00. The molecule has 1 N–H and O–H groups in total. The van der Waals surface area contributed by atoms with Crippen molar-refractivity contribution >= 4 is 28.6 Å². The van der Waals surface area contributed by atoms with Gasteiger partial charge in [0.25, 0.3) is 0 Å². The molecule has 1 aromatic rings. The highest BCUT2D eigenvalue weighted by Gasteiger charge is 2.16. The summed E-state index contributed by atoms with van der Waals surface area (Å²) in [5.41, 5.74) is 1.91. The van der Waals surface area contributed by atoms with Crippen molar-refractivity contribution in [3.63, 3.8) is 0 Å². The number of benzene rings is 1. The minimum Gasteiger partial charge on any atom is -0.480 e. The number of hydrogen-bond donors (Lipinski definition) is 1. The Bertz CT molecular complexity index is 296. The number of alkyl halides is 1. The Hall–Kier alpha value is -0.580. The average molecular weight is 276 g/mol. The third kappa shape index (κ3) is 1.97. The van der Waals surface area contributed by atoms with Crippen molar-refractivity contribution in [1.82, 2.24) is 0 Å². The van der Waals surface area contributed by atoms with Crippen LogP contribution in [0, 0.1) is 6.92 Å². The fraction of sp³-hybridized carbons (Fsp3) is 0.222. The van der Waals surface area contributed by atoms with Crippen LogP contribution in [0.15, 0.2) is 24.3 Å². The Morgan fingerprint density at radius 3 is 2.58 bits per heavy atom. The molecule has 0 saturated heterocycles. The fourth-order valence-corrected chi connectivity index (χ4v) is 1.70. The highest BCUT2D eigenvalue weighted by molar-refractivity contribution is 14.1. The lowest BCUT2D eigenvalue weighted by Crippen LogP contribution is -2.05. The first-order valence-corrected chi connectivity index (χ1v) is 4.80. The summed E-state index contributed by atoms with van der Waals surface area (Å²) in [6.45, 7) is 1.92. The SMILES string of the molecule is Cc1ccccc1C(I)C(=O)O. The normalized spacial score (nSPS) is 12.5. The summed E-state index contributed by atoms with van der Waals surface area (Å²) in [4.78, 5) is 10.6. The average Bonchev–Trinajstić information content (AvgIpc) is 2.04. The quantitative estimate of drug-likeness (QED) is 0.665. The predicted molar refractivity (Wildman–Crippen MR) is 55.6 cm³/mol. The van der Waals surface area contributed by atoms with Crippen molar-refractivity contribution in [2.24, 2.45) is 0 Å². The number of carboxylic acid groups (broad SMARTS) is 1.